The second kappa shape index (κ2) is 67.7. The van der Waals surface area contributed by atoms with Crippen molar-refractivity contribution in [3.8, 4) is 18.2 Å². The first kappa shape index (κ1) is 139. The Balaban J connectivity index is 0.000000795. The molecule has 0 aromatic carbocycles. The zero-order valence-electron chi connectivity index (χ0n) is 89.6. The number of nitrogens with one attached hydrogen (secondary N) is 1. The number of aliphatic hydroxyl groups excluding tert-OH is 1. The van der Waals surface area contributed by atoms with Gasteiger partial charge in [-0.05, 0) is 357 Å². The summed E-state index contributed by atoms with van der Waals surface area (Å²) in [6.07, 6.45) is 45.0. The van der Waals surface area contributed by atoms with Gasteiger partial charge in [0.15, 0.2) is 17.3 Å². The van der Waals surface area contributed by atoms with Crippen LogP contribution in [0, 0.1) is 88.6 Å². The molecule has 0 radical (unpaired) electrons. The fraction of sp³-hybridized carbons (Fsp3) is 0.645. The van der Waals surface area contributed by atoms with Crippen LogP contribution in [0.4, 0.5) is 0 Å². The van der Waals surface area contributed by atoms with Gasteiger partial charge in [0.1, 0.15) is 41.8 Å². The Morgan fingerprint density at radius 1 is 0.575 bits per heavy atom. The van der Waals surface area contributed by atoms with Crippen molar-refractivity contribution in [1.82, 2.24) is 30.2 Å². The Hall–Kier alpha value is -4.86. The molecule has 25 nitrogen and oxygen atoms in total. The molecular weight excluding hydrogens is 2420 g/mol. The van der Waals surface area contributed by atoms with Crippen LogP contribution < -0.4 is 5.32 Å². The number of aromatic nitrogens is 4. The van der Waals surface area contributed by atoms with Crippen LogP contribution in [0.1, 0.15) is 380 Å². The van der Waals surface area contributed by atoms with Gasteiger partial charge in [-0.2, -0.15) is 24.2 Å². The fourth-order valence-corrected chi connectivity index (χ4v) is 19.6. The number of hydrogen-bond acceptors (Lipinski definition) is 23. The predicted molar refractivity (Wildman–Crippen MR) is 605 cm³/mol. The first-order valence-corrected chi connectivity index (χ1v) is 63.3. The maximum atomic E-state index is 11.8. The summed E-state index contributed by atoms with van der Waals surface area (Å²) in [4.78, 5) is 87.1. The van der Waals surface area contributed by atoms with Crippen LogP contribution in [0.15, 0.2) is 127 Å². The Labute approximate surface area is 942 Å². The fourth-order valence-electron chi connectivity index (χ4n) is 18.3. The monoisotopic (exact) mass is 2570 g/mol. The molecule has 0 bridgehead atoms. The van der Waals surface area contributed by atoms with E-state index in [9.17, 15) is 38.4 Å². The zero-order chi connectivity index (χ0) is 110. The van der Waals surface area contributed by atoms with Gasteiger partial charge < -0.3 is 24.8 Å². The number of ether oxygens (including phenoxy) is 2. The minimum atomic E-state index is -4.67. The molecule has 36 heteroatoms. The summed E-state index contributed by atoms with van der Waals surface area (Å²) < 4.78 is 69.8. The van der Waals surface area contributed by atoms with Crippen LogP contribution in [0.2, 0.25) is 0 Å². The van der Waals surface area contributed by atoms with E-state index in [1.165, 1.54) is 157 Å². The van der Waals surface area contributed by atoms with Gasteiger partial charge in [0.2, 0.25) is 0 Å². The third-order valence-electron chi connectivity index (χ3n) is 26.2. The SMILES string of the molecule is C1CCNC1.C1CCOC1.C=CC#N.CC#N.CC(=O)OC1CC(C)(C)Cc2ccc(Br)nc21.CC1(C)C=CC(=O)CC1.CC1(C)CC(=O)c2nc(Br)ccc2C1.CC1(C)CC=C(N2CCCC2)CC1.CC1(C)CCC(=O)C(CCC#N)C1.CC1(C)CCC(=O)CC1.CC1(C)CCC2=C(C=CC(=O)C2)C1.CC1(C)CCc2nc(Br)ccc2C1.CC1(C)Cc2ccc(Br)nc2C(O)C1.Cl.O=P(Br)(Br)Br.O=S(=O)(O)O.[O]=[Mn]=[O]. The number of halogens is 8. The molecule has 5 fully saturated rings. The van der Waals surface area contributed by atoms with Crippen molar-refractivity contribution in [2.45, 2.75) is 363 Å². The van der Waals surface area contributed by atoms with Crippen molar-refractivity contribution in [2.24, 2.45) is 54.7 Å². The molecular formula is C110H162Br7ClMnN9O16PS. The zero-order valence-corrected chi connectivity index (χ0v) is 104. The van der Waals surface area contributed by atoms with E-state index in [1.807, 2.05) is 42.5 Å². The van der Waals surface area contributed by atoms with E-state index >= 15 is 0 Å². The first-order valence-electron chi connectivity index (χ1n) is 50.0. The van der Waals surface area contributed by atoms with Crippen LogP contribution in [-0.4, -0.2) is 122 Å². The van der Waals surface area contributed by atoms with Crippen LogP contribution in [0.3, 0.4) is 0 Å². The van der Waals surface area contributed by atoms with Crippen LogP contribution in [0.25, 0.3) is 0 Å². The number of hydrogen-bond donors (Lipinski definition) is 4. The van der Waals surface area contributed by atoms with Crippen molar-refractivity contribution in [2.75, 3.05) is 39.4 Å². The number of nitriles is 3. The molecule has 3 saturated heterocycles. The van der Waals surface area contributed by atoms with Crippen molar-refractivity contribution in [3.05, 3.63) is 172 Å². The molecule has 13 aliphatic rings. The molecule has 3 aliphatic heterocycles. The molecule has 17 rings (SSSR count). The molecule has 2 saturated carbocycles. The van der Waals surface area contributed by atoms with Crippen LogP contribution in [0.5, 0.6) is 0 Å². The van der Waals surface area contributed by atoms with Gasteiger partial charge in [0, 0.05) is 155 Å². The Morgan fingerprint density at radius 2 is 1.03 bits per heavy atom. The van der Waals surface area contributed by atoms with Crippen LogP contribution in [-0.2, 0) is 103 Å². The first-order chi connectivity index (χ1) is 67.1. The number of esters is 1. The van der Waals surface area contributed by atoms with E-state index < -0.39 is 34.6 Å². The number of nitrogens with zero attached hydrogens (tertiary/aromatic N) is 8. The summed E-state index contributed by atoms with van der Waals surface area (Å²) in [5.41, 5.74) is 15.9. The number of allylic oxidation sites excluding steroid dienone is 9. The summed E-state index contributed by atoms with van der Waals surface area (Å²) in [5, 5.41) is 36.4. The van der Waals surface area contributed by atoms with Gasteiger partial charge in [0.25, 0.3) is 3.25 Å². The van der Waals surface area contributed by atoms with E-state index in [-0.39, 0.29) is 69.4 Å². The molecule has 3 atom stereocenters. The minimum absolute atomic E-state index is 0. The van der Waals surface area contributed by atoms with Crippen molar-refractivity contribution in [1.29, 1.82) is 15.8 Å². The molecule has 3 unspecified atom stereocenters. The molecule has 10 aliphatic carbocycles. The van der Waals surface area contributed by atoms with Gasteiger partial charge in [-0.3, -0.25) is 42.4 Å². The number of Topliss-reactive ketones (excluding diaryl/α,β-unsaturated/α-hetero) is 3. The number of rotatable bonds is 4. The van der Waals surface area contributed by atoms with Gasteiger partial charge in [0.05, 0.1) is 35.7 Å². The number of carbonyl (C=O) groups is 6. The molecule has 4 N–H and O–H groups in total. The normalized spacial score (nSPS) is 21.4. The van der Waals surface area contributed by atoms with Crippen molar-refractivity contribution in [3.63, 3.8) is 0 Å². The summed E-state index contributed by atoms with van der Waals surface area (Å²) in [6, 6.07) is 21.7. The average molecular weight is 2580 g/mol. The maximum absolute atomic E-state index is 11.8. The predicted octanol–water partition coefficient (Wildman–Crippen LogP) is 30.8. The number of aliphatic hydroxyl groups is 1. The summed E-state index contributed by atoms with van der Waals surface area (Å²) in [5.74, 6) is 1.44. The molecule has 0 amide bonds. The van der Waals surface area contributed by atoms with E-state index in [4.69, 9.17) is 50.5 Å². The van der Waals surface area contributed by atoms with Crippen molar-refractivity contribution < 1.29 is 87.9 Å². The number of carbonyl (C=O) groups excluding carboxylic acids is 6. The number of likely N-dealkylation sites (tertiary alicyclic amines) is 1. The standard InChI is InChI=1S/C13H16BrNO2.C12H21N.C12H16O.C11H14BrNO.C11H12BrNO.C11H14BrN.C11H17NO.C8H14O.C8H12O.C4H9N.C4H8O.C3H3N.C2H3N.Br3OP.ClH.Mn.H2O4S.2O/c1-8(16)17-10-7-13(2,3)6-9-4-5-11(14)15-12(9)10;1-12(2)7-5-11(6-8-12)13-9-3-4-10-13;1-12(2)6-5-9-7-11(13)4-3-10(9)8-12;2*1-11(2)5-7-3-4-9(12)13-10(7)8(14)6-11;1-11(2)6-5-9-8(7-11)3-4-10(12)13-9;1-11(2)6-5-10(13)9(8-11)4-3-7-12;2*1-8(2)5-3-7(9)4-6-8;2*1-2-4-5-3-1;1-2-3-4;1-2-3;1-5(2,3)4;;;1-5(2,3)4;;/h4-5,10H,6-7H2,1-3H3;5H,3-4,6-10H2,1-2H3;3-4H,5-8H2,1-2H3;3-4,8,14H,5-6H2,1-2H3;3-4H,5-6H2,1-2H3;3-4H,5-7H2,1-2H3;9H,3-6,8H2,1-2H3;3-6H2,1-2H3;3,5H,4,6H2,1-2H3;5H,1-4H2;1-4H2;2H,1H2;1H3;;1H;;(H2,1,2,3,4);;. The van der Waals surface area contributed by atoms with Gasteiger partial charge in [-0.25, -0.2) is 19.9 Å². The van der Waals surface area contributed by atoms with E-state index in [0.717, 1.165) is 158 Å². The molecule has 817 valence electrons. The molecule has 7 heterocycles. The quantitative estimate of drug-likeness (QED) is 0.0368. The van der Waals surface area contributed by atoms with Gasteiger partial charge in [-0.15, -0.1) is 12.4 Å². The summed E-state index contributed by atoms with van der Waals surface area (Å²) in [7, 11) is -4.67. The average Bonchev–Trinajstić information content (AvgIpc) is 0.870. The molecule has 4 aromatic heterocycles. The molecule has 4 aromatic rings. The van der Waals surface area contributed by atoms with Gasteiger partial charge in [-0.1, -0.05) is 179 Å². The number of fused-ring (bicyclic) bond motifs is 4. The Kier molecular flexibility index (Phi) is 64.6. The Morgan fingerprint density at radius 3 is 1.50 bits per heavy atom. The van der Waals surface area contributed by atoms with E-state index in [1.54, 1.807) is 30.0 Å². The summed E-state index contributed by atoms with van der Waals surface area (Å²) >= 11 is 20.2. The van der Waals surface area contributed by atoms with Crippen LogP contribution >= 0.6 is 126 Å². The summed E-state index contributed by atoms with van der Waals surface area (Å²) in [6.45, 7) is 53.3. The number of ketones is 5. The van der Waals surface area contributed by atoms with Gasteiger partial charge >= 0.3 is 38.9 Å². The topological polar surface area (TPSA) is 405 Å². The second-order valence-electron chi connectivity index (χ2n) is 45.4. The number of aryl methyl sites for hydroxylation is 1. The third kappa shape index (κ3) is 63.1. The number of pyridine rings is 4. The molecule has 146 heavy (non-hydrogen) atoms. The Bertz CT molecular complexity index is 5300. The third-order valence-corrected chi connectivity index (χ3v) is 28.0. The molecule has 0 spiro atoms. The second-order valence-corrected chi connectivity index (χ2v) is 68.1. The van der Waals surface area contributed by atoms with Crippen molar-refractivity contribution >= 4 is 171 Å². The van der Waals surface area contributed by atoms with E-state index in [2.05, 4.69) is 302 Å². The van der Waals surface area contributed by atoms with E-state index in [0.29, 0.717) is 70.0 Å².